The van der Waals surface area contributed by atoms with Crippen LogP contribution in [0.15, 0.2) is 30.3 Å². The summed E-state index contributed by atoms with van der Waals surface area (Å²) in [6.07, 6.45) is -4.48. The van der Waals surface area contributed by atoms with E-state index in [0.29, 0.717) is 25.4 Å². The SMILES string of the molecule is O=C(CN1CCCC[C@@H]1[C@@H](O)C(F)(F)F)NC[C@H]1CCN(c2ccccc2)C1. The Bertz CT molecular complexity index is 641. The summed E-state index contributed by atoms with van der Waals surface area (Å²) in [7, 11) is 0. The molecule has 0 saturated carbocycles. The van der Waals surface area contributed by atoms with Crippen molar-refractivity contribution in [2.24, 2.45) is 5.92 Å². The largest absolute Gasteiger partial charge is 0.415 e. The first kappa shape index (κ1) is 20.9. The number of para-hydroxylation sites is 1. The van der Waals surface area contributed by atoms with Gasteiger partial charge < -0.3 is 15.3 Å². The fourth-order valence-electron chi connectivity index (χ4n) is 4.16. The molecule has 1 amide bonds. The number of halogens is 3. The lowest BCUT2D eigenvalue weighted by molar-refractivity contribution is -0.224. The van der Waals surface area contributed by atoms with E-state index in [4.69, 9.17) is 0 Å². The second-order valence-electron chi connectivity index (χ2n) is 7.76. The van der Waals surface area contributed by atoms with Gasteiger partial charge in [0.2, 0.25) is 5.91 Å². The van der Waals surface area contributed by atoms with Crippen molar-refractivity contribution in [3.63, 3.8) is 0 Å². The lowest BCUT2D eigenvalue weighted by Gasteiger charge is -2.38. The fourth-order valence-corrected chi connectivity index (χ4v) is 4.16. The summed E-state index contributed by atoms with van der Waals surface area (Å²) in [4.78, 5) is 16.1. The molecular weight excluding hydrogens is 371 g/mol. The number of amides is 1. The van der Waals surface area contributed by atoms with Gasteiger partial charge in [0.15, 0.2) is 6.10 Å². The van der Waals surface area contributed by atoms with Gasteiger partial charge in [-0.15, -0.1) is 0 Å². The molecule has 8 heteroatoms. The van der Waals surface area contributed by atoms with Crippen molar-refractivity contribution < 1.29 is 23.1 Å². The van der Waals surface area contributed by atoms with Gasteiger partial charge in [0.05, 0.1) is 6.54 Å². The first-order chi connectivity index (χ1) is 13.3. The minimum Gasteiger partial charge on any atom is -0.382 e. The Labute approximate surface area is 163 Å². The number of aliphatic hydroxyl groups excluding tert-OH is 1. The molecule has 2 aliphatic rings. The molecule has 0 aromatic heterocycles. The topological polar surface area (TPSA) is 55.8 Å². The van der Waals surface area contributed by atoms with Crippen molar-refractivity contribution in [1.82, 2.24) is 10.2 Å². The van der Waals surface area contributed by atoms with E-state index < -0.39 is 18.3 Å². The van der Waals surface area contributed by atoms with Crippen LogP contribution in [0.25, 0.3) is 0 Å². The van der Waals surface area contributed by atoms with E-state index in [1.54, 1.807) is 0 Å². The minimum atomic E-state index is -4.67. The molecule has 0 unspecified atom stereocenters. The van der Waals surface area contributed by atoms with Gasteiger partial charge in [-0.25, -0.2) is 0 Å². The Balaban J connectivity index is 1.46. The highest BCUT2D eigenvalue weighted by Crippen LogP contribution is 2.30. The molecule has 3 rings (SSSR count). The third-order valence-corrected chi connectivity index (χ3v) is 5.71. The molecule has 0 spiro atoms. The molecule has 2 fully saturated rings. The third-order valence-electron chi connectivity index (χ3n) is 5.71. The summed E-state index contributed by atoms with van der Waals surface area (Å²) < 4.78 is 38.7. The maximum absolute atomic E-state index is 12.9. The van der Waals surface area contributed by atoms with Gasteiger partial charge >= 0.3 is 6.18 Å². The summed E-state index contributed by atoms with van der Waals surface area (Å²) in [5, 5.41) is 12.5. The van der Waals surface area contributed by atoms with Crippen LogP contribution >= 0.6 is 0 Å². The van der Waals surface area contributed by atoms with Crippen LogP contribution in [0.1, 0.15) is 25.7 Å². The monoisotopic (exact) mass is 399 g/mol. The Kier molecular flexibility index (Phi) is 6.82. The van der Waals surface area contributed by atoms with E-state index >= 15 is 0 Å². The Hall–Kier alpha value is -1.80. The molecule has 0 aliphatic carbocycles. The second-order valence-corrected chi connectivity index (χ2v) is 7.76. The molecule has 1 aromatic carbocycles. The fraction of sp³-hybridized carbons (Fsp3) is 0.650. The number of nitrogens with one attached hydrogen (secondary N) is 1. The van der Waals surface area contributed by atoms with Crippen molar-refractivity contribution in [3.8, 4) is 0 Å². The van der Waals surface area contributed by atoms with Crippen LogP contribution < -0.4 is 10.2 Å². The highest BCUT2D eigenvalue weighted by Gasteiger charge is 2.46. The van der Waals surface area contributed by atoms with Crippen molar-refractivity contribution in [2.75, 3.05) is 37.6 Å². The molecule has 1 aromatic rings. The van der Waals surface area contributed by atoms with E-state index in [1.165, 1.54) is 4.90 Å². The maximum atomic E-state index is 12.9. The lowest BCUT2D eigenvalue weighted by atomic mass is 9.97. The number of alkyl halides is 3. The highest BCUT2D eigenvalue weighted by molar-refractivity contribution is 5.78. The normalized spacial score (nSPS) is 24.9. The lowest BCUT2D eigenvalue weighted by Crippen LogP contribution is -2.54. The smallest absolute Gasteiger partial charge is 0.382 e. The molecule has 2 heterocycles. The van der Waals surface area contributed by atoms with E-state index in [9.17, 15) is 23.1 Å². The molecule has 28 heavy (non-hydrogen) atoms. The average molecular weight is 399 g/mol. The Morgan fingerprint density at radius 2 is 1.93 bits per heavy atom. The number of hydrogen-bond acceptors (Lipinski definition) is 4. The molecule has 0 bridgehead atoms. The second kappa shape index (κ2) is 9.13. The molecule has 156 valence electrons. The minimum absolute atomic E-state index is 0.104. The van der Waals surface area contributed by atoms with Crippen LogP contribution in [-0.2, 0) is 4.79 Å². The number of anilines is 1. The average Bonchev–Trinajstić information content (AvgIpc) is 3.15. The number of likely N-dealkylation sites (tertiary alicyclic amines) is 1. The molecular formula is C20H28F3N3O2. The molecule has 3 atom stereocenters. The van der Waals surface area contributed by atoms with Crippen molar-refractivity contribution in [1.29, 1.82) is 0 Å². The van der Waals surface area contributed by atoms with E-state index in [-0.39, 0.29) is 18.9 Å². The summed E-state index contributed by atoms with van der Waals surface area (Å²) in [5.74, 6) is 0.0431. The molecule has 2 N–H and O–H groups in total. The quantitative estimate of drug-likeness (QED) is 0.772. The summed E-state index contributed by atoms with van der Waals surface area (Å²) in [6, 6.07) is 9.04. The number of benzene rings is 1. The molecule has 0 radical (unpaired) electrons. The van der Waals surface area contributed by atoms with Gasteiger partial charge in [0, 0.05) is 31.4 Å². The molecule has 2 aliphatic heterocycles. The van der Waals surface area contributed by atoms with Gasteiger partial charge in [-0.3, -0.25) is 9.69 Å². The van der Waals surface area contributed by atoms with Gasteiger partial charge in [-0.2, -0.15) is 13.2 Å². The maximum Gasteiger partial charge on any atom is 0.415 e. The molecule has 2 saturated heterocycles. The summed E-state index contributed by atoms with van der Waals surface area (Å²) in [5.41, 5.74) is 1.16. The van der Waals surface area contributed by atoms with Gasteiger partial charge in [0.25, 0.3) is 0 Å². The summed E-state index contributed by atoms with van der Waals surface area (Å²) in [6.45, 7) is 2.59. The first-order valence-corrected chi connectivity index (χ1v) is 9.90. The van der Waals surface area contributed by atoms with E-state index in [2.05, 4.69) is 22.3 Å². The standard InChI is InChI=1S/C20H28F3N3O2/c21-20(22,23)19(28)17-8-4-5-10-26(17)14-18(27)24-12-15-9-11-25(13-15)16-6-2-1-3-7-16/h1-3,6-7,15,17,19,28H,4-5,8-14H2,(H,24,27)/t15-,17-,19-/m1/s1. The van der Waals surface area contributed by atoms with Gasteiger partial charge in [0.1, 0.15) is 0 Å². The van der Waals surface area contributed by atoms with E-state index in [0.717, 1.165) is 31.6 Å². The number of nitrogens with zero attached hydrogens (tertiary/aromatic N) is 2. The zero-order valence-electron chi connectivity index (χ0n) is 15.9. The van der Waals surface area contributed by atoms with Crippen LogP contribution in [0, 0.1) is 5.92 Å². The van der Waals surface area contributed by atoms with Crippen LogP contribution in [0.2, 0.25) is 0 Å². The zero-order chi connectivity index (χ0) is 20.1. The Morgan fingerprint density at radius 3 is 2.64 bits per heavy atom. The number of carbonyl (C=O) groups excluding carboxylic acids is 1. The summed E-state index contributed by atoms with van der Waals surface area (Å²) >= 11 is 0. The zero-order valence-corrected chi connectivity index (χ0v) is 15.9. The number of piperidine rings is 1. The van der Waals surface area contributed by atoms with Crippen molar-refractivity contribution in [2.45, 2.75) is 44.0 Å². The Morgan fingerprint density at radius 1 is 1.18 bits per heavy atom. The van der Waals surface area contributed by atoms with Crippen molar-refractivity contribution in [3.05, 3.63) is 30.3 Å². The number of hydrogen-bond donors (Lipinski definition) is 2. The number of rotatable bonds is 6. The first-order valence-electron chi connectivity index (χ1n) is 9.90. The van der Waals surface area contributed by atoms with Crippen molar-refractivity contribution >= 4 is 11.6 Å². The number of carbonyl (C=O) groups is 1. The van der Waals surface area contributed by atoms with Crippen LogP contribution in [0.3, 0.4) is 0 Å². The highest BCUT2D eigenvalue weighted by atomic mass is 19.4. The number of aliphatic hydroxyl groups is 1. The van der Waals surface area contributed by atoms with Gasteiger partial charge in [-0.05, 0) is 43.9 Å². The van der Waals surface area contributed by atoms with Crippen LogP contribution in [0.5, 0.6) is 0 Å². The van der Waals surface area contributed by atoms with E-state index in [1.807, 2.05) is 18.2 Å². The predicted octanol–water partition coefficient (Wildman–Crippen LogP) is 2.41. The van der Waals surface area contributed by atoms with Crippen LogP contribution in [0.4, 0.5) is 18.9 Å². The third kappa shape index (κ3) is 5.38. The van der Waals surface area contributed by atoms with Crippen LogP contribution in [-0.4, -0.2) is 67.0 Å². The molecule has 5 nitrogen and oxygen atoms in total. The predicted molar refractivity (Wildman–Crippen MR) is 101 cm³/mol. The van der Waals surface area contributed by atoms with Gasteiger partial charge in [-0.1, -0.05) is 24.6 Å².